The topological polar surface area (TPSA) is 98.0 Å². The Morgan fingerprint density at radius 2 is 1.63 bits per heavy atom. The number of aliphatic hydroxyl groups is 1. The van der Waals surface area contributed by atoms with Gasteiger partial charge in [0.15, 0.2) is 0 Å². The minimum absolute atomic E-state index is 0.187. The molecule has 6 nitrogen and oxygen atoms in total. The van der Waals surface area contributed by atoms with E-state index >= 15 is 0 Å². The number of amides is 2. The highest BCUT2D eigenvalue weighted by Crippen LogP contribution is 2.41. The fourth-order valence-electron chi connectivity index (χ4n) is 5.34. The van der Waals surface area contributed by atoms with Gasteiger partial charge in [-0.3, -0.25) is 0 Å². The van der Waals surface area contributed by atoms with E-state index in [0.29, 0.717) is 23.4 Å². The van der Waals surface area contributed by atoms with Crippen LogP contribution in [0.3, 0.4) is 0 Å². The Morgan fingerprint density at radius 1 is 0.974 bits per heavy atom. The first-order valence-electron chi connectivity index (χ1n) is 12.7. The van der Waals surface area contributed by atoms with Crippen molar-refractivity contribution in [2.75, 3.05) is 5.32 Å². The molecule has 0 spiro atoms. The number of nitriles is 1. The number of nitrogens with one attached hydrogen (secondary N) is 2. The molecule has 2 atom stereocenters. The number of nitrogens with zero attached hydrogens (tertiary/aromatic N) is 2. The Hall–Kier alpha value is -4.47. The SMILES string of the molecule is Cc1cc(NC(=O)NC2c3ccccc3C(C)(C)C[C@H]2O)c(-c2ccccc2)nc1-c1ccc(C#N)cc1. The van der Waals surface area contributed by atoms with Gasteiger partial charge >= 0.3 is 6.03 Å². The number of fused-ring (bicyclic) bond motifs is 1. The van der Waals surface area contributed by atoms with Crippen molar-refractivity contribution < 1.29 is 9.90 Å². The molecule has 1 unspecified atom stereocenters. The first-order valence-corrected chi connectivity index (χ1v) is 12.7. The van der Waals surface area contributed by atoms with Crippen molar-refractivity contribution in [3.05, 3.63) is 107 Å². The van der Waals surface area contributed by atoms with Crippen LogP contribution in [0.2, 0.25) is 0 Å². The van der Waals surface area contributed by atoms with Crippen molar-refractivity contribution in [3.63, 3.8) is 0 Å². The summed E-state index contributed by atoms with van der Waals surface area (Å²) in [5, 5.41) is 26.1. The van der Waals surface area contributed by atoms with E-state index in [2.05, 4.69) is 36.6 Å². The number of carbonyl (C=O) groups excluding carboxylic acids is 1. The molecule has 0 bridgehead atoms. The molecule has 0 radical (unpaired) electrons. The van der Waals surface area contributed by atoms with Gasteiger partial charge in [0, 0.05) is 11.1 Å². The first kappa shape index (κ1) is 25.2. The Labute approximate surface area is 223 Å². The molecule has 0 saturated carbocycles. The fourth-order valence-corrected chi connectivity index (χ4v) is 5.34. The number of benzene rings is 3. The molecule has 1 aromatic heterocycles. The third-order valence-corrected chi connectivity index (χ3v) is 7.21. The van der Waals surface area contributed by atoms with E-state index in [1.807, 2.05) is 73.7 Å². The Bertz CT molecular complexity index is 1520. The monoisotopic (exact) mass is 502 g/mol. The van der Waals surface area contributed by atoms with Crippen molar-refractivity contribution in [2.24, 2.45) is 0 Å². The lowest BCUT2D eigenvalue weighted by Gasteiger charge is -2.40. The summed E-state index contributed by atoms with van der Waals surface area (Å²) in [4.78, 5) is 18.3. The number of aryl methyl sites for hydroxylation is 1. The van der Waals surface area contributed by atoms with Gasteiger partial charge in [0.1, 0.15) is 0 Å². The average molecular weight is 503 g/mol. The largest absolute Gasteiger partial charge is 0.391 e. The Morgan fingerprint density at radius 3 is 2.34 bits per heavy atom. The molecule has 1 heterocycles. The molecule has 3 aromatic carbocycles. The van der Waals surface area contributed by atoms with E-state index in [0.717, 1.165) is 33.5 Å². The molecule has 0 fully saturated rings. The smallest absolute Gasteiger partial charge is 0.319 e. The zero-order valence-electron chi connectivity index (χ0n) is 21.7. The van der Waals surface area contributed by atoms with Crippen LogP contribution in [0.15, 0.2) is 84.9 Å². The van der Waals surface area contributed by atoms with Gasteiger partial charge in [-0.05, 0) is 53.6 Å². The number of urea groups is 1. The van der Waals surface area contributed by atoms with Crippen LogP contribution in [0.4, 0.5) is 10.5 Å². The normalized spacial score (nSPS) is 17.7. The standard InChI is InChI=1S/C32H30N4O2/c1-20-17-26(34-31(38)36-30-24-11-7-8-12-25(24)32(2,3)18-27(30)37)29(22-9-5-4-6-10-22)35-28(20)23-15-13-21(19-33)14-16-23/h4-17,27,30,37H,18H2,1-3H3,(H2,34,36,38)/t27-,30?/m1/s1. The second-order valence-corrected chi connectivity index (χ2v) is 10.4. The summed E-state index contributed by atoms with van der Waals surface area (Å²) in [5.74, 6) is 0. The summed E-state index contributed by atoms with van der Waals surface area (Å²) in [6.07, 6.45) is -0.165. The van der Waals surface area contributed by atoms with E-state index in [1.54, 1.807) is 12.1 Å². The van der Waals surface area contributed by atoms with Crippen molar-refractivity contribution in [2.45, 2.75) is 44.8 Å². The van der Waals surface area contributed by atoms with Gasteiger partial charge in [0.25, 0.3) is 0 Å². The molecule has 6 heteroatoms. The van der Waals surface area contributed by atoms with Crippen LogP contribution < -0.4 is 10.6 Å². The molecular weight excluding hydrogens is 472 g/mol. The maximum absolute atomic E-state index is 13.3. The zero-order valence-corrected chi connectivity index (χ0v) is 21.7. The third-order valence-electron chi connectivity index (χ3n) is 7.21. The van der Waals surface area contributed by atoms with Crippen LogP contribution in [0.25, 0.3) is 22.5 Å². The number of hydrogen-bond donors (Lipinski definition) is 3. The van der Waals surface area contributed by atoms with Crippen LogP contribution in [0.1, 0.15) is 48.6 Å². The molecule has 0 aliphatic heterocycles. The number of aromatic nitrogens is 1. The molecule has 4 aromatic rings. The van der Waals surface area contributed by atoms with Gasteiger partial charge in [-0.25, -0.2) is 9.78 Å². The van der Waals surface area contributed by atoms with E-state index in [1.165, 1.54) is 0 Å². The molecule has 1 aliphatic rings. The maximum atomic E-state index is 13.3. The fraction of sp³-hybridized carbons (Fsp3) is 0.219. The van der Waals surface area contributed by atoms with Crippen LogP contribution in [0, 0.1) is 18.3 Å². The second kappa shape index (κ2) is 10.1. The lowest BCUT2D eigenvalue weighted by atomic mass is 9.70. The molecule has 0 saturated heterocycles. The van der Waals surface area contributed by atoms with Crippen molar-refractivity contribution in [1.82, 2.24) is 10.3 Å². The first-order chi connectivity index (χ1) is 18.3. The van der Waals surface area contributed by atoms with Crippen molar-refractivity contribution >= 4 is 11.7 Å². The van der Waals surface area contributed by atoms with Crippen LogP contribution >= 0.6 is 0 Å². The van der Waals surface area contributed by atoms with Crippen molar-refractivity contribution in [1.29, 1.82) is 5.26 Å². The molecule has 5 rings (SSSR count). The van der Waals surface area contributed by atoms with Gasteiger partial charge in [-0.15, -0.1) is 0 Å². The Kier molecular flexibility index (Phi) is 6.71. The highest BCUT2D eigenvalue weighted by atomic mass is 16.3. The number of aliphatic hydroxyl groups excluding tert-OH is 1. The molecule has 38 heavy (non-hydrogen) atoms. The summed E-state index contributed by atoms with van der Waals surface area (Å²) >= 11 is 0. The van der Waals surface area contributed by atoms with E-state index in [4.69, 9.17) is 10.2 Å². The number of pyridine rings is 1. The lowest BCUT2D eigenvalue weighted by Crippen LogP contribution is -2.45. The summed E-state index contributed by atoms with van der Waals surface area (Å²) in [6.45, 7) is 6.17. The minimum atomic E-state index is -0.710. The zero-order chi connectivity index (χ0) is 26.9. The van der Waals surface area contributed by atoms with Gasteiger partial charge in [0.05, 0.1) is 40.9 Å². The molecule has 1 aliphatic carbocycles. The van der Waals surface area contributed by atoms with Gasteiger partial charge in [-0.1, -0.05) is 80.6 Å². The second-order valence-electron chi connectivity index (χ2n) is 10.4. The van der Waals surface area contributed by atoms with Gasteiger partial charge < -0.3 is 15.7 Å². The maximum Gasteiger partial charge on any atom is 0.319 e. The average Bonchev–Trinajstić information content (AvgIpc) is 2.91. The van der Waals surface area contributed by atoms with Gasteiger partial charge in [-0.2, -0.15) is 5.26 Å². The highest BCUT2D eigenvalue weighted by molar-refractivity contribution is 5.94. The molecule has 3 N–H and O–H groups in total. The summed E-state index contributed by atoms with van der Waals surface area (Å²) in [5.41, 5.74) is 7.07. The number of rotatable bonds is 4. The predicted molar refractivity (Wildman–Crippen MR) is 150 cm³/mol. The predicted octanol–water partition coefficient (Wildman–Crippen LogP) is 6.50. The number of carbonyl (C=O) groups is 1. The number of hydrogen-bond acceptors (Lipinski definition) is 4. The summed E-state index contributed by atoms with van der Waals surface area (Å²) in [7, 11) is 0. The number of anilines is 1. The minimum Gasteiger partial charge on any atom is -0.391 e. The van der Waals surface area contributed by atoms with E-state index in [-0.39, 0.29) is 5.41 Å². The van der Waals surface area contributed by atoms with Crippen LogP contribution in [0.5, 0.6) is 0 Å². The highest BCUT2D eigenvalue weighted by Gasteiger charge is 2.39. The third kappa shape index (κ3) is 4.89. The Balaban J connectivity index is 1.48. The summed E-state index contributed by atoms with van der Waals surface area (Å²) < 4.78 is 0. The van der Waals surface area contributed by atoms with E-state index < -0.39 is 18.2 Å². The van der Waals surface area contributed by atoms with Crippen molar-refractivity contribution in [3.8, 4) is 28.6 Å². The molecule has 190 valence electrons. The van der Waals surface area contributed by atoms with E-state index in [9.17, 15) is 9.90 Å². The van der Waals surface area contributed by atoms with Gasteiger partial charge in [0.2, 0.25) is 0 Å². The molecule has 2 amide bonds. The summed E-state index contributed by atoms with van der Waals surface area (Å²) in [6, 6.07) is 28.1. The lowest BCUT2D eigenvalue weighted by molar-refractivity contribution is 0.0883. The van der Waals surface area contributed by atoms with Crippen LogP contribution in [-0.4, -0.2) is 22.2 Å². The van der Waals surface area contributed by atoms with Crippen LogP contribution in [-0.2, 0) is 5.41 Å². The quantitative estimate of drug-likeness (QED) is 0.297. The molecular formula is C32H30N4O2.